The lowest BCUT2D eigenvalue weighted by Gasteiger charge is -2.22. The molecule has 0 aromatic carbocycles. The maximum atomic E-state index is 5.38. The largest absolute Gasteiger partial charge is 0.469 e. The Hall–Kier alpha value is -1.62. The van der Waals surface area contributed by atoms with Gasteiger partial charge < -0.3 is 23.9 Å². The number of methoxy groups -OCH3 is 1. The van der Waals surface area contributed by atoms with Crippen LogP contribution in [0.4, 0.5) is 0 Å². The van der Waals surface area contributed by atoms with Crippen molar-refractivity contribution in [2.45, 2.75) is 33.4 Å². The average molecular weight is 476 g/mol. The molecule has 0 spiro atoms. The van der Waals surface area contributed by atoms with E-state index in [0.717, 1.165) is 48.4 Å². The zero-order chi connectivity index (χ0) is 18.2. The zero-order valence-corrected chi connectivity index (χ0v) is 18.5. The smallest absolute Gasteiger partial charge is 0.194 e. The molecule has 0 aliphatic carbocycles. The first-order chi connectivity index (χ1) is 12.0. The second-order valence-corrected chi connectivity index (χ2v) is 5.99. The molecule has 0 saturated heterocycles. The molecule has 2 heterocycles. The standard InChI is InChI=1S/C17H28N6O2.HI/c1-13-15(7-10-25-13)12-22(3)17(18-8-6-9-24-5)19-11-16-21-20-14(2)23(16)4;/h7,10H,6,8-9,11-12H2,1-5H3,(H,18,19);1H. The van der Waals surface area contributed by atoms with Gasteiger partial charge >= 0.3 is 0 Å². The van der Waals surface area contributed by atoms with Crippen LogP contribution in [0.15, 0.2) is 21.7 Å². The number of hydrogen-bond acceptors (Lipinski definition) is 5. The molecule has 8 nitrogen and oxygen atoms in total. The summed E-state index contributed by atoms with van der Waals surface area (Å²) in [4.78, 5) is 6.79. The van der Waals surface area contributed by atoms with Crippen LogP contribution in [-0.2, 0) is 24.9 Å². The van der Waals surface area contributed by atoms with Crippen LogP contribution in [0, 0.1) is 13.8 Å². The molecule has 0 aliphatic heterocycles. The SMILES string of the molecule is COCCCNC(=NCc1nnc(C)n1C)N(C)Cc1ccoc1C.I. The fraction of sp³-hybridized carbons (Fsp3) is 0.588. The first kappa shape index (κ1) is 22.4. The predicted molar refractivity (Wildman–Crippen MR) is 112 cm³/mol. The number of halogens is 1. The van der Waals surface area contributed by atoms with Crippen molar-refractivity contribution in [3.8, 4) is 0 Å². The number of guanidine groups is 1. The number of ether oxygens (including phenoxy) is 1. The molecule has 0 bridgehead atoms. The van der Waals surface area contributed by atoms with Gasteiger partial charge in [0.25, 0.3) is 0 Å². The highest BCUT2D eigenvalue weighted by Crippen LogP contribution is 2.11. The molecule has 2 aromatic heterocycles. The second kappa shape index (κ2) is 11.2. The van der Waals surface area contributed by atoms with Gasteiger partial charge in [-0.05, 0) is 26.3 Å². The van der Waals surface area contributed by atoms with Gasteiger partial charge in [0.05, 0.1) is 6.26 Å². The summed E-state index contributed by atoms with van der Waals surface area (Å²) in [5.74, 6) is 3.45. The summed E-state index contributed by atoms with van der Waals surface area (Å²) in [7, 11) is 5.67. The number of aromatic nitrogens is 3. The number of rotatable bonds is 8. The molecule has 0 atom stereocenters. The van der Waals surface area contributed by atoms with E-state index >= 15 is 0 Å². The Labute approximate surface area is 172 Å². The number of aryl methyl sites for hydroxylation is 2. The van der Waals surface area contributed by atoms with Gasteiger partial charge in [-0.25, -0.2) is 4.99 Å². The fourth-order valence-electron chi connectivity index (χ4n) is 2.37. The first-order valence-corrected chi connectivity index (χ1v) is 8.39. The van der Waals surface area contributed by atoms with E-state index in [1.807, 2.05) is 38.6 Å². The van der Waals surface area contributed by atoms with Gasteiger partial charge in [0.1, 0.15) is 18.1 Å². The minimum absolute atomic E-state index is 0. The highest BCUT2D eigenvalue weighted by atomic mass is 127. The Morgan fingerprint density at radius 1 is 1.38 bits per heavy atom. The van der Waals surface area contributed by atoms with Crippen LogP contribution in [-0.4, -0.2) is 52.9 Å². The van der Waals surface area contributed by atoms with Gasteiger partial charge in [-0.2, -0.15) is 0 Å². The molecular weight excluding hydrogens is 447 g/mol. The van der Waals surface area contributed by atoms with Crippen molar-refractivity contribution in [2.24, 2.45) is 12.0 Å². The number of nitrogens with one attached hydrogen (secondary N) is 1. The molecule has 1 N–H and O–H groups in total. The summed E-state index contributed by atoms with van der Waals surface area (Å²) in [5, 5.41) is 11.6. The van der Waals surface area contributed by atoms with Crippen LogP contribution in [0.25, 0.3) is 0 Å². The summed E-state index contributed by atoms with van der Waals surface area (Å²) in [5.41, 5.74) is 1.14. The lowest BCUT2D eigenvalue weighted by molar-refractivity contribution is 0.195. The van der Waals surface area contributed by atoms with Crippen molar-refractivity contribution in [3.05, 3.63) is 35.3 Å². The highest BCUT2D eigenvalue weighted by molar-refractivity contribution is 14.0. The number of nitrogens with zero attached hydrogens (tertiary/aromatic N) is 5. The first-order valence-electron chi connectivity index (χ1n) is 8.39. The Morgan fingerprint density at radius 3 is 2.73 bits per heavy atom. The van der Waals surface area contributed by atoms with Crippen LogP contribution >= 0.6 is 24.0 Å². The normalized spacial score (nSPS) is 11.3. The van der Waals surface area contributed by atoms with E-state index < -0.39 is 0 Å². The summed E-state index contributed by atoms with van der Waals surface area (Å²) in [6, 6.07) is 1.99. The molecule has 0 fully saturated rings. The van der Waals surface area contributed by atoms with Crippen molar-refractivity contribution in [1.29, 1.82) is 0 Å². The highest BCUT2D eigenvalue weighted by Gasteiger charge is 2.11. The monoisotopic (exact) mass is 476 g/mol. The van der Waals surface area contributed by atoms with Crippen molar-refractivity contribution in [2.75, 3.05) is 27.3 Å². The topological polar surface area (TPSA) is 80.7 Å². The molecule has 2 rings (SSSR count). The number of aliphatic imine (C=N–C) groups is 1. The summed E-state index contributed by atoms with van der Waals surface area (Å²) in [6.07, 6.45) is 2.63. The van der Waals surface area contributed by atoms with E-state index in [0.29, 0.717) is 13.2 Å². The minimum atomic E-state index is 0. The van der Waals surface area contributed by atoms with Gasteiger partial charge in [-0.15, -0.1) is 34.2 Å². The molecule has 146 valence electrons. The maximum Gasteiger partial charge on any atom is 0.194 e. The van der Waals surface area contributed by atoms with Crippen molar-refractivity contribution in [3.63, 3.8) is 0 Å². The lowest BCUT2D eigenvalue weighted by atomic mass is 10.2. The van der Waals surface area contributed by atoms with E-state index in [9.17, 15) is 0 Å². The predicted octanol–water partition coefficient (Wildman–Crippen LogP) is 2.26. The van der Waals surface area contributed by atoms with E-state index in [2.05, 4.69) is 20.4 Å². The molecule has 2 aromatic rings. The Kier molecular flexibility index (Phi) is 9.63. The molecule has 26 heavy (non-hydrogen) atoms. The maximum absolute atomic E-state index is 5.38. The molecule has 0 saturated carbocycles. The van der Waals surface area contributed by atoms with Crippen molar-refractivity contribution >= 4 is 29.9 Å². The fourth-order valence-corrected chi connectivity index (χ4v) is 2.37. The molecule has 0 amide bonds. The van der Waals surface area contributed by atoms with E-state index in [1.165, 1.54) is 0 Å². The van der Waals surface area contributed by atoms with Crippen molar-refractivity contribution < 1.29 is 9.15 Å². The lowest BCUT2D eigenvalue weighted by Crippen LogP contribution is -2.39. The summed E-state index contributed by atoms with van der Waals surface area (Å²) < 4.78 is 12.4. The minimum Gasteiger partial charge on any atom is -0.469 e. The van der Waals surface area contributed by atoms with Gasteiger partial charge in [-0.3, -0.25) is 0 Å². The Balaban J connectivity index is 0.00000338. The quantitative estimate of drug-likeness (QED) is 0.273. The van der Waals surface area contributed by atoms with Crippen LogP contribution in [0.3, 0.4) is 0 Å². The van der Waals surface area contributed by atoms with Gasteiger partial charge in [-0.1, -0.05) is 0 Å². The summed E-state index contributed by atoms with van der Waals surface area (Å²) >= 11 is 0. The Morgan fingerprint density at radius 2 is 2.15 bits per heavy atom. The average Bonchev–Trinajstić information content (AvgIpc) is 3.14. The van der Waals surface area contributed by atoms with Gasteiger partial charge in [0.2, 0.25) is 0 Å². The molecule has 0 unspecified atom stereocenters. The van der Waals surface area contributed by atoms with Crippen LogP contribution in [0.1, 0.15) is 29.4 Å². The van der Waals surface area contributed by atoms with E-state index in [-0.39, 0.29) is 24.0 Å². The summed E-state index contributed by atoms with van der Waals surface area (Å²) in [6.45, 7) is 6.59. The zero-order valence-electron chi connectivity index (χ0n) is 16.2. The number of furan rings is 1. The third-order valence-corrected chi connectivity index (χ3v) is 4.10. The van der Waals surface area contributed by atoms with E-state index in [1.54, 1.807) is 13.4 Å². The molecule has 0 aliphatic rings. The third kappa shape index (κ3) is 6.27. The van der Waals surface area contributed by atoms with E-state index in [4.69, 9.17) is 14.1 Å². The number of hydrogen-bond donors (Lipinski definition) is 1. The van der Waals surface area contributed by atoms with Crippen LogP contribution in [0.5, 0.6) is 0 Å². The molecule has 0 radical (unpaired) electrons. The van der Waals surface area contributed by atoms with Crippen molar-refractivity contribution in [1.82, 2.24) is 25.0 Å². The van der Waals surface area contributed by atoms with Crippen LogP contribution in [0.2, 0.25) is 0 Å². The second-order valence-electron chi connectivity index (χ2n) is 5.99. The molecule has 9 heteroatoms. The third-order valence-electron chi connectivity index (χ3n) is 4.10. The Bertz CT molecular complexity index is 697. The van der Waals surface area contributed by atoms with Gasteiger partial charge in [0.15, 0.2) is 11.8 Å². The van der Waals surface area contributed by atoms with Gasteiger partial charge in [0, 0.05) is 46.5 Å². The molecular formula is C17H29IN6O2. The van der Waals surface area contributed by atoms with Crippen LogP contribution < -0.4 is 5.32 Å².